The molecular weight excluding hydrogens is 424 g/mol. The zero-order chi connectivity index (χ0) is 21.9. The highest BCUT2D eigenvalue weighted by atomic mass is 32.2. The van der Waals surface area contributed by atoms with Crippen molar-refractivity contribution in [2.45, 2.75) is 13.8 Å². The Morgan fingerprint density at radius 1 is 1.10 bits per heavy atom. The molecule has 0 aliphatic rings. The van der Waals surface area contributed by atoms with Crippen molar-refractivity contribution in [2.75, 3.05) is 29.5 Å². The molecule has 1 heterocycles. The summed E-state index contributed by atoms with van der Waals surface area (Å²) in [5, 5.41) is 11.6. The van der Waals surface area contributed by atoms with E-state index >= 15 is 0 Å². The largest absolute Gasteiger partial charge is 0.497 e. The number of amides is 1. The first kappa shape index (κ1) is 21.7. The average Bonchev–Trinajstić information content (AvgIpc) is 3.16. The van der Waals surface area contributed by atoms with Crippen molar-refractivity contribution >= 4 is 38.1 Å². The molecule has 10 heteroatoms. The summed E-state index contributed by atoms with van der Waals surface area (Å²) < 4.78 is 30.7. The minimum absolute atomic E-state index is 0.291. The maximum absolute atomic E-state index is 12.5. The standard InChI is InChI=1S/C20H22N4O4S2/c1-13-5-8-16(11-14(13)2)24(30(4,26)27)12-18(25)21-20-23-22-19(29-20)15-6-9-17(28-3)10-7-15/h5-11H,12H2,1-4H3,(H,21,23,25). The number of carbonyl (C=O) groups excluding carboxylic acids is 1. The zero-order valence-electron chi connectivity index (χ0n) is 17.0. The van der Waals surface area contributed by atoms with Gasteiger partial charge in [0.25, 0.3) is 0 Å². The smallest absolute Gasteiger partial charge is 0.246 e. The molecule has 158 valence electrons. The molecule has 3 aromatic rings. The first-order chi connectivity index (χ1) is 14.2. The average molecular weight is 447 g/mol. The molecule has 0 spiro atoms. The second-order valence-corrected chi connectivity index (χ2v) is 9.61. The number of hydrogen-bond acceptors (Lipinski definition) is 7. The quantitative estimate of drug-likeness (QED) is 0.598. The number of aryl methyl sites for hydroxylation is 2. The number of rotatable bonds is 7. The third-order valence-electron chi connectivity index (χ3n) is 4.47. The van der Waals surface area contributed by atoms with Crippen molar-refractivity contribution in [1.82, 2.24) is 10.2 Å². The fraction of sp³-hybridized carbons (Fsp3) is 0.250. The number of hydrogen-bond donors (Lipinski definition) is 1. The van der Waals surface area contributed by atoms with Crippen LogP contribution in [0.1, 0.15) is 11.1 Å². The molecular formula is C20H22N4O4S2. The summed E-state index contributed by atoms with van der Waals surface area (Å²) in [6.07, 6.45) is 1.07. The van der Waals surface area contributed by atoms with Crippen LogP contribution < -0.4 is 14.4 Å². The Morgan fingerprint density at radius 2 is 1.80 bits per heavy atom. The molecule has 2 aromatic carbocycles. The van der Waals surface area contributed by atoms with Gasteiger partial charge in [-0.05, 0) is 61.4 Å². The summed E-state index contributed by atoms with van der Waals surface area (Å²) in [5.41, 5.74) is 3.25. The van der Waals surface area contributed by atoms with Crippen LogP contribution in [0.2, 0.25) is 0 Å². The molecule has 0 aliphatic carbocycles. The molecule has 0 saturated heterocycles. The van der Waals surface area contributed by atoms with E-state index in [1.807, 2.05) is 44.2 Å². The number of anilines is 2. The summed E-state index contributed by atoms with van der Waals surface area (Å²) in [4.78, 5) is 12.5. The molecule has 0 fully saturated rings. The number of carbonyl (C=O) groups is 1. The molecule has 0 aliphatic heterocycles. The number of benzene rings is 2. The predicted octanol–water partition coefficient (Wildman–Crippen LogP) is 3.24. The van der Waals surface area contributed by atoms with Crippen molar-refractivity contribution in [1.29, 1.82) is 0 Å². The summed E-state index contributed by atoms with van der Waals surface area (Å²) >= 11 is 1.20. The maximum Gasteiger partial charge on any atom is 0.246 e. The predicted molar refractivity (Wildman–Crippen MR) is 119 cm³/mol. The van der Waals surface area contributed by atoms with Crippen molar-refractivity contribution < 1.29 is 17.9 Å². The number of nitrogens with zero attached hydrogens (tertiary/aromatic N) is 3. The Morgan fingerprint density at radius 3 is 2.40 bits per heavy atom. The van der Waals surface area contributed by atoms with E-state index in [2.05, 4.69) is 15.5 Å². The number of methoxy groups -OCH3 is 1. The highest BCUT2D eigenvalue weighted by molar-refractivity contribution is 7.92. The Bertz CT molecular complexity index is 1160. The Kier molecular flexibility index (Phi) is 6.37. The minimum atomic E-state index is -3.65. The third-order valence-corrected chi connectivity index (χ3v) is 6.50. The number of aromatic nitrogens is 2. The van der Waals surface area contributed by atoms with Crippen LogP contribution in [0.15, 0.2) is 42.5 Å². The van der Waals surface area contributed by atoms with Gasteiger partial charge in [-0.2, -0.15) is 0 Å². The zero-order valence-corrected chi connectivity index (χ0v) is 18.7. The number of ether oxygens (including phenoxy) is 1. The Hall–Kier alpha value is -2.98. The first-order valence-electron chi connectivity index (χ1n) is 9.00. The lowest BCUT2D eigenvalue weighted by atomic mass is 10.1. The lowest BCUT2D eigenvalue weighted by Gasteiger charge is -2.22. The summed E-state index contributed by atoms with van der Waals surface area (Å²) in [7, 11) is -2.06. The van der Waals surface area contributed by atoms with Crippen molar-refractivity contribution in [3.05, 3.63) is 53.6 Å². The van der Waals surface area contributed by atoms with Gasteiger partial charge < -0.3 is 4.74 Å². The van der Waals surface area contributed by atoms with Gasteiger partial charge in [-0.25, -0.2) is 8.42 Å². The van der Waals surface area contributed by atoms with Crippen LogP contribution in [0.25, 0.3) is 10.6 Å². The van der Waals surface area contributed by atoms with Crippen molar-refractivity contribution in [3.8, 4) is 16.3 Å². The molecule has 1 amide bonds. The first-order valence-corrected chi connectivity index (χ1v) is 11.7. The molecule has 0 atom stereocenters. The van der Waals surface area contributed by atoms with E-state index in [-0.39, 0.29) is 6.54 Å². The number of sulfonamides is 1. The molecule has 0 saturated carbocycles. The van der Waals surface area contributed by atoms with E-state index in [4.69, 9.17) is 4.74 Å². The van der Waals surface area contributed by atoms with Gasteiger partial charge >= 0.3 is 0 Å². The second-order valence-electron chi connectivity index (χ2n) is 6.73. The van der Waals surface area contributed by atoms with Gasteiger partial charge in [0.2, 0.25) is 21.1 Å². The maximum atomic E-state index is 12.5. The molecule has 0 unspecified atom stereocenters. The van der Waals surface area contributed by atoms with Gasteiger partial charge in [0.1, 0.15) is 17.3 Å². The monoisotopic (exact) mass is 446 g/mol. The van der Waals surface area contributed by atoms with Crippen LogP contribution >= 0.6 is 11.3 Å². The van der Waals surface area contributed by atoms with Gasteiger partial charge in [0, 0.05) is 5.56 Å². The third kappa shape index (κ3) is 5.14. The highest BCUT2D eigenvalue weighted by Gasteiger charge is 2.22. The fourth-order valence-corrected chi connectivity index (χ4v) is 4.31. The molecule has 1 N–H and O–H groups in total. The minimum Gasteiger partial charge on any atom is -0.497 e. The van der Waals surface area contributed by atoms with Crippen molar-refractivity contribution in [2.24, 2.45) is 0 Å². The van der Waals surface area contributed by atoms with E-state index in [1.54, 1.807) is 19.2 Å². The molecule has 0 bridgehead atoms. The Balaban J connectivity index is 1.74. The SMILES string of the molecule is COc1ccc(-c2nnc(NC(=O)CN(c3ccc(C)c(C)c3)S(C)(=O)=O)s2)cc1. The number of nitrogens with one attached hydrogen (secondary N) is 1. The van der Waals surface area contributed by atoms with Gasteiger partial charge in [0.15, 0.2) is 0 Å². The normalized spacial score (nSPS) is 11.2. The van der Waals surface area contributed by atoms with Crippen LogP contribution in [0.3, 0.4) is 0 Å². The summed E-state index contributed by atoms with van der Waals surface area (Å²) in [5.74, 6) is 0.222. The lowest BCUT2D eigenvalue weighted by Crippen LogP contribution is -2.37. The molecule has 30 heavy (non-hydrogen) atoms. The molecule has 3 rings (SSSR count). The summed E-state index contributed by atoms with van der Waals surface area (Å²) in [6, 6.07) is 12.6. The van der Waals surface area contributed by atoms with Crippen LogP contribution in [0, 0.1) is 13.8 Å². The lowest BCUT2D eigenvalue weighted by molar-refractivity contribution is -0.114. The second kappa shape index (κ2) is 8.80. The van der Waals surface area contributed by atoms with Gasteiger partial charge in [0.05, 0.1) is 19.1 Å². The molecule has 1 aromatic heterocycles. The fourth-order valence-electron chi connectivity index (χ4n) is 2.69. The Labute approximate surface area is 179 Å². The molecule has 8 nitrogen and oxygen atoms in total. The summed E-state index contributed by atoms with van der Waals surface area (Å²) in [6.45, 7) is 3.46. The van der Waals surface area contributed by atoms with Gasteiger partial charge in [-0.15, -0.1) is 10.2 Å². The topological polar surface area (TPSA) is 101 Å². The van der Waals surface area contributed by atoms with Crippen LogP contribution in [0.4, 0.5) is 10.8 Å². The van der Waals surface area contributed by atoms with Crippen LogP contribution in [-0.2, 0) is 14.8 Å². The van der Waals surface area contributed by atoms with E-state index in [0.717, 1.165) is 33.0 Å². The van der Waals surface area contributed by atoms with Gasteiger partial charge in [-0.3, -0.25) is 14.4 Å². The van der Waals surface area contributed by atoms with E-state index in [1.165, 1.54) is 11.3 Å². The molecule has 0 radical (unpaired) electrons. The highest BCUT2D eigenvalue weighted by Crippen LogP contribution is 2.28. The van der Waals surface area contributed by atoms with Gasteiger partial charge in [-0.1, -0.05) is 17.4 Å². The van der Waals surface area contributed by atoms with Crippen LogP contribution in [0.5, 0.6) is 5.75 Å². The van der Waals surface area contributed by atoms with E-state index < -0.39 is 15.9 Å². The van der Waals surface area contributed by atoms with Crippen LogP contribution in [-0.4, -0.2) is 44.4 Å². The van der Waals surface area contributed by atoms with E-state index in [9.17, 15) is 13.2 Å². The van der Waals surface area contributed by atoms with E-state index in [0.29, 0.717) is 15.8 Å². The van der Waals surface area contributed by atoms with Crippen molar-refractivity contribution in [3.63, 3.8) is 0 Å².